The number of cyclic esters (lactones) is 4. The van der Waals surface area contributed by atoms with Crippen LogP contribution in [0.4, 0.5) is 33.6 Å². The highest BCUT2D eigenvalue weighted by molar-refractivity contribution is 6.57. The maximum atomic E-state index is 13.2. The van der Waals surface area contributed by atoms with Crippen LogP contribution in [-0.2, 0) is 89.7 Å². The minimum atomic E-state index is -1.11. The molecule has 0 aliphatic carbocycles. The lowest BCUT2D eigenvalue weighted by molar-refractivity contribution is -0.144. The van der Waals surface area contributed by atoms with Crippen molar-refractivity contribution in [2.24, 2.45) is 28.8 Å². The second kappa shape index (κ2) is 58.3. The van der Waals surface area contributed by atoms with Crippen molar-refractivity contribution in [2.75, 3.05) is 33.5 Å². The number of allylic oxidation sites excluding steroid dienone is 1. The number of benzene rings is 7. The van der Waals surface area contributed by atoms with Crippen LogP contribution in [0, 0.1) is 23.7 Å². The van der Waals surface area contributed by atoms with Crippen molar-refractivity contribution in [3.8, 4) is 0 Å². The number of amides is 10. The van der Waals surface area contributed by atoms with E-state index in [0.717, 1.165) is 48.8 Å². The van der Waals surface area contributed by atoms with E-state index < -0.39 is 117 Å². The van der Waals surface area contributed by atoms with Crippen molar-refractivity contribution >= 4 is 107 Å². The van der Waals surface area contributed by atoms with Gasteiger partial charge in [0.05, 0.1) is 37.7 Å². The maximum absolute atomic E-state index is 13.2. The molecule has 0 bridgehead atoms. The van der Waals surface area contributed by atoms with Crippen molar-refractivity contribution in [3.05, 3.63) is 274 Å². The van der Waals surface area contributed by atoms with E-state index in [1.807, 2.05) is 329 Å². The number of carbonyl (C=O) groups is 14. The Bertz CT molecular complexity index is 5230. The Balaban J connectivity index is 0.000000551. The minimum Gasteiger partial charge on any atom is -0.481 e. The van der Waals surface area contributed by atoms with Gasteiger partial charge in [-0.15, -0.1) is 0 Å². The summed E-state index contributed by atoms with van der Waals surface area (Å²) in [5, 5.41) is 39.5. The molecule has 6 radical (unpaired) electrons. The van der Waals surface area contributed by atoms with E-state index in [0.29, 0.717) is 19.1 Å². The summed E-state index contributed by atoms with van der Waals surface area (Å²) in [6.45, 7) is 42.8. The third-order valence-corrected chi connectivity index (χ3v) is 23.8. The zero-order valence-corrected chi connectivity index (χ0v) is 84.5. The lowest BCUT2D eigenvalue weighted by Crippen LogP contribution is -2.59. The van der Waals surface area contributed by atoms with Gasteiger partial charge in [0.2, 0.25) is 35.4 Å². The van der Waals surface area contributed by atoms with E-state index >= 15 is 0 Å². The number of methoxy groups -OCH3 is 1. The highest BCUT2D eigenvalue weighted by Gasteiger charge is 2.50. The fourth-order valence-electron chi connectivity index (χ4n) is 14.9. The summed E-state index contributed by atoms with van der Waals surface area (Å²) in [4.78, 5) is 168. The molecule has 756 valence electrons. The average Bonchev–Trinajstić information content (AvgIpc) is 1.72. The number of azide groups is 1. The molecule has 8 atom stereocenters. The molecule has 7 aromatic carbocycles. The molecule has 35 heteroatoms. The van der Waals surface area contributed by atoms with E-state index in [4.69, 9.17) is 63.3 Å². The van der Waals surface area contributed by atoms with Crippen LogP contribution in [0.5, 0.6) is 0 Å². The molecule has 4 aliphatic rings. The number of carboxylic acids is 3. The van der Waals surface area contributed by atoms with Gasteiger partial charge >= 0.3 is 48.3 Å². The summed E-state index contributed by atoms with van der Waals surface area (Å²) in [6, 6.07) is 64.1. The number of ether oxygens (including phenoxy) is 5. The molecule has 4 saturated heterocycles. The molecule has 4 heterocycles. The first-order valence-corrected chi connectivity index (χ1v) is 45.8. The topological polar surface area (TPSA) is 452 Å². The van der Waals surface area contributed by atoms with Crippen molar-refractivity contribution in [3.63, 3.8) is 0 Å². The number of hydrogen-bond donors (Lipinski definition) is 7. The molecule has 11 rings (SSSR count). The van der Waals surface area contributed by atoms with Crippen LogP contribution in [0.25, 0.3) is 10.4 Å². The zero-order chi connectivity index (χ0) is 106. The third-order valence-electron chi connectivity index (χ3n) is 23.8. The quantitative estimate of drug-likeness (QED) is 0.00478. The Morgan fingerprint density at radius 3 is 1.00 bits per heavy atom. The van der Waals surface area contributed by atoms with Crippen LogP contribution in [0.1, 0.15) is 206 Å². The van der Waals surface area contributed by atoms with E-state index in [1.54, 1.807) is 27.7 Å². The van der Waals surface area contributed by atoms with E-state index in [-0.39, 0.29) is 98.2 Å². The number of carboxylic acid groups (broad SMARTS) is 3. The summed E-state index contributed by atoms with van der Waals surface area (Å²) in [7, 11) is 16.7. The van der Waals surface area contributed by atoms with Gasteiger partial charge in [-0.2, -0.15) is 0 Å². The van der Waals surface area contributed by atoms with Gasteiger partial charge in [-0.25, -0.2) is 48.3 Å². The van der Waals surface area contributed by atoms with Gasteiger partial charge in [-0.05, 0) is 81.8 Å². The highest BCUT2D eigenvalue weighted by Crippen LogP contribution is 2.37. The number of aliphatic carboxylic acids is 3. The first-order chi connectivity index (χ1) is 65.4. The number of nitrogens with one attached hydrogen (secondary N) is 4. The number of rotatable bonds is 27. The Hall–Kier alpha value is -13.8. The van der Waals surface area contributed by atoms with Crippen LogP contribution >= 0.6 is 0 Å². The predicted molar refractivity (Wildman–Crippen MR) is 544 cm³/mol. The smallest absolute Gasteiger partial charge is 0.417 e. The molecule has 0 saturated carbocycles. The predicted octanol–water partition coefficient (Wildman–Crippen LogP) is 18.4. The van der Waals surface area contributed by atoms with Gasteiger partial charge in [0.25, 0.3) is 5.91 Å². The summed E-state index contributed by atoms with van der Waals surface area (Å²) >= 11 is 0. The average molecular weight is 1940 g/mol. The first-order valence-electron chi connectivity index (χ1n) is 45.8. The molecule has 4 fully saturated rings. The number of hydrogen-bond acceptors (Lipinski definition) is 20. The van der Waals surface area contributed by atoms with E-state index in [2.05, 4.69) is 49.9 Å². The van der Waals surface area contributed by atoms with Gasteiger partial charge in [0, 0.05) is 44.5 Å². The Kier molecular flexibility index (Phi) is 50.9. The molecular formula is C106H141B3N10O22. The number of carbonyl (C=O) groups excluding carboxylic acids is 11. The number of esters is 1. The van der Waals surface area contributed by atoms with Gasteiger partial charge in [-0.3, -0.25) is 33.6 Å². The van der Waals surface area contributed by atoms with E-state index in [1.165, 1.54) is 18.1 Å². The highest BCUT2D eigenvalue weighted by atomic mass is 16.6. The molecule has 141 heavy (non-hydrogen) atoms. The maximum Gasteiger partial charge on any atom is 0.417 e. The normalized spacial score (nSPS) is 16.0. The monoisotopic (exact) mass is 1940 g/mol. The molecule has 0 aromatic heterocycles. The van der Waals surface area contributed by atoms with Crippen LogP contribution in [0.2, 0.25) is 0 Å². The molecule has 4 aliphatic heterocycles. The Morgan fingerprint density at radius 2 is 0.723 bits per heavy atom. The number of imide groups is 3. The molecule has 32 nitrogen and oxygen atoms in total. The fraction of sp³-hybridized carbons (Fsp3) is 0.453. The lowest BCUT2D eigenvalue weighted by Gasteiger charge is -2.37. The SMILES string of the molecule is C.CC(C)(CC(=O)O)c1ccccc1.CC(C)=CC(=O)O.CC(C)[C@H]1COC(=O)N1.CC(C)[C@H]1COC(=O)N1C(=O)CC(C)(C)c1ccccc1.CC(C)[C@H]1COC(=O)N1C(=O)[C@@H](N=[N+]=[N-])C(C)(C)c1ccccc1.[B]C(=O)N[C@H](C(=O)N1C(=O)OC[C@@H]1C(C)C)C(C)(C)c1ccccc1.[B]C(=O)N[C@H](C(=O)O)C(C)(C)c1ccccc1.[B]C(=O)N[C@H](C(=O)OC)C(C)(C)c1ccccc1.c1ccccc1. The molecule has 0 spiro atoms. The van der Waals surface area contributed by atoms with Gasteiger partial charge < -0.3 is 60.3 Å². The summed E-state index contributed by atoms with van der Waals surface area (Å²) in [6.07, 6.45) is -0.549. The molecule has 7 N–H and O–H groups in total. The molecule has 0 unspecified atom stereocenters. The van der Waals surface area contributed by atoms with Crippen LogP contribution in [-0.4, -0.2) is 219 Å². The van der Waals surface area contributed by atoms with E-state index in [9.17, 15) is 67.1 Å². The van der Waals surface area contributed by atoms with Crippen LogP contribution in [0.15, 0.2) is 235 Å². The molecule has 10 amide bonds. The summed E-state index contributed by atoms with van der Waals surface area (Å²) < 4.78 is 24.5. The van der Waals surface area contributed by atoms with Crippen molar-refractivity contribution in [1.82, 2.24) is 36.0 Å². The van der Waals surface area contributed by atoms with Crippen molar-refractivity contribution in [2.45, 2.75) is 253 Å². The largest absolute Gasteiger partial charge is 0.481 e. The lowest BCUT2D eigenvalue weighted by atomic mass is 9.76. The Morgan fingerprint density at radius 1 is 0.433 bits per heavy atom. The second-order valence-corrected chi connectivity index (χ2v) is 38.5. The zero-order valence-electron chi connectivity index (χ0n) is 84.5. The van der Waals surface area contributed by atoms with Crippen molar-refractivity contribution < 1.29 is 106 Å². The fourth-order valence-corrected chi connectivity index (χ4v) is 14.9. The van der Waals surface area contributed by atoms with Crippen molar-refractivity contribution in [1.29, 1.82) is 0 Å². The van der Waals surface area contributed by atoms with Gasteiger partial charge in [0.15, 0.2) is 17.4 Å². The standard InChI is InChI=1S/C18H23BN2O4.C17H22N4O3.C17H23NO3.C13H16BNO3.C12H14BNO3.C11H14O2.C6H11NO2.C6H6.C5H8O2.CH4/c1-11(2)13-10-25-17(24)21(13)15(22)14(20-16(19)23)18(3,4)12-8-6-5-7-9-12;1-11(2)13-10-24-16(23)21(13)15(22)14(19-20-18)17(3,4)12-8-6-5-7-9-12;1-12(2)14-11-21-16(20)18(14)15(19)10-17(3,4)13-8-6-5-7-9-13;1-13(2,9-7-5-4-6-8-9)10(11(16)18-3)15-12(14)17;1-12(2,8-6-4-3-5-7-8)9(10(15)16)14-11(13)17;1-11(2,8-10(12)13)9-6-4-3-5-7-9;1-4(2)5-3-9-6(8)7-5;1-2-4-6-5-3-1;1-4(2)3-5(6)7;/h5-9,11,13-14H,10H2,1-4H3,(H,20,23);5-9,11,13-14H,10H2,1-4H3;5-9,12,14H,10-11H2,1-4H3;4-8,10H,1-3H3,(H,15,17);3-7,9H,1-2H3,(H,14,17)(H,15,16);3-7H,8H2,1-2H3,(H,12,13);4-5H,3H2,1-2H3,(H,7,8);1-6H;3H,1-2H3,(H,6,7);1H4/t2*13-,14-;14-;10-;9-;;5-;;;/m11111.1.../s1. The van der Waals surface area contributed by atoms with Gasteiger partial charge in [0.1, 0.15) is 50.6 Å². The Labute approximate surface area is 834 Å². The minimum absolute atomic E-state index is 0. The third kappa shape index (κ3) is 39.1. The second-order valence-electron chi connectivity index (χ2n) is 38.5. The first kappa shape index (κ1) is 123. The number of alkyl carbamates (subject to hydrolysis) is 1. The number of nitrogens with zero attached hydrogens (tertiary/aromatic N) is 6. The molecular weight excluding hydrogens is 1800 g/mol. The van der Waals surface area contributed by atoms with Crippen LogP contribution < -0.4 is 21.3 Å². The summed E-state index contributed by atoms with van der Waals surface area (Å²) in [5.74, 6) is -6.16. The summed E-state index contributed by atoms with van der Waals surface area (Å²) in [5.41, 5.74) is 11.8. The van der Waals surface area contributed by atoms with Crippen LogP contribution in [0.3, 0.4) is 0 Å². The van der Waals surface area contributed by atoms with Gasteiger partial charge in [-0.1, -0.05) is 375 Å². The molecule has 7 aromatic rings.